The van der Waals surface area contributed by atoms with Gasteiger partial charge in [-0.05, 0) is 25.3 Å². The fraction of sp³-hybridized carbons (Fsp3) is 0.312. The molecule has 0 spiro atoms. The van der Waals surface area contributed by atoms with Crippen LogP contribution in [0.3, 0.4) is 0 Å². The van der Waals surface area contributed by atoms with Gasteiger partial charge < -0.3 is 0 Å². The Labute approximate surface area is 123 Å². The Bertz CT molecular complexity index is 595. The van der Waals surface area contributed by atoms with Gasteiger partial charge in [-0.15, -0.1) is 6.58 Å². The Morgan fingerprint density at radius 1 is 1.14 bits per heavy atom. The van der Waals surface area contributed by atoms with Crippen molar-refractivity contribution in [2.45, 2.75) is 19.8 Å². The van der Waals surface area contributed by atoms with E-state index in [1.54, 1.807) is 0 Å². The molecule has 1 aliphatic rings. The molecular weight excluding hydrogens is 268 g/mol. The maximum absolute atomic E-state index is 12.0. The molecule has 1 aliphatic heterocycles. The van der Waals surface area contributed by atoms with Gasteiger partial charge in [0.05, 0.1) is 0 Å². The van der Waals surface area contributed by atoms with E-state index in [1.807, 2.05) is 25.1 Å². The Kier molecular flexibility index (Phi) is 4.52. The molecule has 1 aromatic rings. The zero-order valence-electron chi connectivity index (χ0n) is 12.0. The van der Waals surface area contributed by atoms with Crippen LogP contribution in [0.1, 0.15) is 17.5 Å². The van der Waals surface area contributed by atoms with Gasteiger partial charge >= 0.3 is 17.8 Å². The minimum absolute atomic E-state index is 0.0672. The maximum Gasteiger partial charge on any atom is 0.334 e. The molecule has 1 fully saturated rings. The summed E-state index contributed by atoms with van der Waals surface area (Å²) in [5.74, 6) is -1.51. The third-order valence-electron chi connectivity index (χ3n) is 3.38. The number of amides is 4. The van der Waals surface area contributed by atoms with Crippen molar-refractivity contribution in [3.8, 4) is 0 Å². The second-order valence-corrected chi connectivity index (χ2v) is 5.04. The molecule has 2 rings (SSSR count). The standard InChI is InChI=1S/C16H18N2O3/c1-3-9-17-14(19)15(20)18(16(17)21)10-5-8-13-7-4-6-12(2)11-13/h3-4,6-7,11H,1,5,8-10H2,2H3. The molecular formula is C16H18N2O3. The first kappa shape index (κ1) is 15.0. The monoisotopic (exact) mass is 286 g/mol. The van der Waals surface area contributed by atoms with Crippen LogP contribution in [0.25, 0.3) is 0 Å². The lowest BCUT2D eigenvalue weighted by Gasteiger charge is -2.14. The Balaban J connectivity index is 1.94. The number of aryl methyl sites for hydroxylation is 2. The zero-order chi connectivity index (χ0) is 15.4. The molecule has 110 valence electrons. The lowest BCUT2D eigenvalue weighted by atomic mass is 10.1. The molecule has 5 nitrogen and oxygen atoms in total. The van der Waals surface area contributed by atoms with Crippen LogP contribution >= 0.6 is 0 Å². The fourth-order valence-corrected chi connectivity index (χ4v) is 2.35. The average Bonchev–Trinajstić information content (AvgIpc) is 2.65. The first-order valence-electron chi connectivity index (χ1n) is 6.88. The molecule has 0 N–H and O–H groups in total. The van der Waals surface area contributed by atoms with Crippen molar-refractivity contribution in [2.24, 2.45) is 0 Å². The highest BCUT2D eigenvalue weighted by Gasteiger charge is 2.43. The van der Waals surface area contributed by atoms with Crippen molar-refractivity contribution in [1.29, 1.82) is 0 Å². The number of carbonyl (C=O) groups excluding carboxylic acids is 3. The van der Waals surface area contributed by atoms with E-state index in [-0.39, 0.29) is 13.1 Å². The number of nitrogens with zero attached hydrogens (tertiary/aromatic N) is 2. The van der Waals surface area contributed by atoms with Crippen molar-refractivity contribution in [2.75, 3.05) is 13.1 Å². The number of hydrogen-bond donors (Lipinski definition) is 0. The SMILES string of the molecule is C=CCN1C(=O)C(=O)N(CCCc2cccc(C)c2)C1=O. The summed E-state index contributed by atoms with van der Waals surface area (Å²) in [5.41, 5.74) is 2.33. The van der Waals surface area contributed by atoms with Crippen molar-refractivity contribution < 1.29 is 14.4 Å². The summed E-state index contributed by atoms with van der Waals surface area (Å²) in [6, 6.07) is 7.53. The van der Waals surface area contributed by atoms with Gasteiger partial charge in [-0.2, -0.15) is 0 Å². The van der Waals surface area contributed by atoms with E-state index in [0.29, 0.717) is 6.42 Å². The summed E-state index contributed by atoms with van der Waals surface area (Å²) in [6.07, 6.45) is 2.82. The fourth-order valence-electron chi connectivity index (χ4n) is 2.35. The zero-order valence-corrected chi connectivity index (χ0v) is 12.0. The summed E-state index contributed by atoms with van der Waals surface area (Å²) >= 11 is 0. The second kappa shape index (κ2) is 6.35. The van der Waals surface area contributed by atoms with Gasteiger partial charge in [-0.3, -0.25) is 19.4 Å². The molecule has 1 aromatic carbocycles. The minimum atomic E-state index is -0.768. The normalized spacial score (nSPS) is 15.0. The van der Waals surface area contributed by atoms with Crippen molar-refractivity contribution in [1.82, 2.24) is 9.80 Å². The van der Waals surface area contributed by atoms with E-state index in [2.05, 4.69) is 12.6 Å². The Hall–Kier alpha value is -2.43. The van der Waals surface area contributed by atoms with Gasteiger partial charge in [0.25, 0.3) is 0 Å². The molecule has 21 heavy (non-hydrogen) atoms. The van der Waals surface area contributed by atoms with Gasteiger partial charge in [0.2, 0.25) is 0 Å². The van der Waals surface area contributed by atoms with Crippen molar-refractivity contribution in [3.63, 3.8) is 0 Å². The third kappa shape index (κ3) is 3.18. The van der Waals surface area contributed by atoms with Crippen LogP contribution in [0.15, 0.2) is 36.9 Å². The third-order valence-corrected chi connectivity index (χ3v) is 3.38. The molecule has 4 amide bonds. The summed E-state index contributed by atoms with van der Waals surface area (Å²) in [4.78, 5) is 37.3. The van der Waals surface area contributed by atoms with Crippen LogP contribution in [-0.4, -0.2) is 40.7 Å². The van der Waals surface area contributed by atoms with E-state index >= 15 is 0 Å². The molecule has 0 saturated carbocycles. The molecule has 0 atom stereocenters. The smallest absolute Gasteiger partial charge is 0.263 e. The first-order chi connectivity index (χ1) is 10.0. The van der Waals surface area contributed by atoms with Crippen LogP contribution in [0.2, 0.25) is 0 Å². The van der Waals surface area contributed by atoms with Gasteiger partial charge in [-0.1, -0.05) is 35.9 Å². The average molecular weight is 286 g/mol. The van der Waals surface area contributed by atoms with Crippen LogP contribution in [0.5, 0.6) is 0 Å². The summed E-state index contributed by atoms with van der Waals surface area (Å²) < 4.78 is 0. The molecule has 0 radical (unpaired) electrons. The number of carbonyl (C=O) groups is 3. The highest BCUT2D eigenvalue weighted by atomic mass is 16.2. The topological polar surface area (TPSA) is 57.7 Å². The van der Waals surface area contributed by atoms with Crippen LogP contribution in [0.4, 0.5) is 4.79 Å². The number of urea groups is 1. The van der Waals surface area contributed by atoms with Crippen LogP contribution in [0, 0.1) is 6.92 Å². The largest absolute Gasteiger partial charge is 0.334 e. The number of imide groups is 2. The minimum Gasteiger partial charge on any atom is -0.263 e. The van der Waals surface area contributed by atoms with E-state index in [1.165, 1.54) is 11.6 Å². The predicted octanol–water partition coefficient (Wildman–Crippen LogP) is 1.90. The van der Waals surface area contributed by atoms with Crippen molar-refractivity contribution in [3.05, 3.63) is 48.0 Å². The molecule has 5 heteroatoms. The summed E-state index contributed by atoms with van der Waals surface area (Å²) in [7, 11) is 0. The Morgan fingerprint density at radius 3 is 2.52 bits per heavy atom. The van der Waals surface area contributed by atoms with Crippen molar-refractivity contribution >= 4 is 17.8 Å². The summed E-state index contributed by atoms with van der Waals surface area (Å²) in [5, 5.41) is 0. The number of rotatable bonds is 6. The number of hydrogen-bond acceptors (Lipinski definition) is 3. The highest BCUT2D eigenvalue weighted by molar-refractivity contribution is 6.44. The molecule has 0 unspecified atom stereocenters. The van der Waals surface area contributed by atoms with Gasteiger partial charge in [0.1, 0.15) is 0 Å². The Morgan fingerprint density at radius 2 is 1.86 bits per heavy atom. The molecule has 1 saturated heterocycles. The predicted molar refractivity (Wildman–Crippen MR) is 78.5 cm³/mol. The lowest BCUT2D eigenvalue weighted by Crippen LogP contribution is -2.34. The quantitative estimate of drug-likeness (QED) is 0.456. The van der Waals surface area contributed by atoms with Crippen LogP contribution < -0.4 is 0 Å². The first-order valence-corrected chi connectivity index (χ1v) is 6.88. The maximum atomic E-state index is 12.0. The van der Waals surface area contributed by atoms with Crippen LogP contribution in [-0.2, 0) is 16.0 Å². The van der Waals surface area contributed by atoms with Gasteiger partial charge in [0, 0.05) is 13.1 Å². The summed E-state index contributed by atoms with van der Waals surface area (Å²) in [6.45, 7) is 5.82. The van der Waals surface area contributed by atoms with Gasteiger partial charge in [-0.25, -0.2) is 4.79 Å². The van der Waals surface area contributed by atoms with E-state index in [0.717, 1.165) is 21.8 Å². The molecule has 1 heterocycles. The molecule has 0 aromatic heterocycles. The second-order valence-electron chi connectivity index (χ2n) is 5.04. The van der Waals surface area contributed by atoms with E-state index in [4.69, 9.17) is 0 Å². The molecule has 0 bridgehead atoms. The number of benzene rings is 1. The highest BCUT2D eigenvalue weighted by Crippen LogP contribution is 2.14. The van der Waals surface area contributed by atoms with Gasteiger partial charge in [0.15, 0.2) is 0 Å². The van der Waals surface area contributed by atoms with E-state index in [9.17, 15) is 14.4 Å². The molecule has 0 aliphatic carbocycles. The van der Waals surface area contributed by atoms with E-state index < -0.39 is 17.8 Å². The lowest BCUT2D eigenvalue weighted by molar-refractivity contribution is -0.143.